The van der Waals surface area contributed by atoms with E-state index in [1.54, 1.807) is 29.3 Å². The summed E-state index contributed by atoms with van der Waals surface area (Å²) in [5.41, 5.74) is 5.87. The molecule has 1 aromatic carbocycles. The fourth-order valence-corrected chi connectivity index (χ4v) is 4.07. The minimum absolute atomic E-state index is 0.0310. The topological polar surface area (TPSA) is 50.8 Å². The predicted octanol–water partition coefficient (Wildman–Crippen LogP) is 5.01. The van der Waals surface area contributed by atoms with Crippen molar-refractivity contribution in [3.05, 3.63) is 83.0 Å². The van der Waals surface area contributed by atoms with Gasteiger partial charge in [-0.05, 0) is 60.4 Å². The molecule has 0 spiro atoms. The minimum atomic E-state index is -0.0633. The maximum absolute atomic E-state index is 13.2. The van der Waals surface area contributed by atoms with Crippen LogP contribution in [-0.4, -0.2) is 27.0 Å². The number of aromatic nitrogens is 2. The first kappa shape index (κ1) is 17.1. The van der Waals surface area contributed by atoms with Crippen LogP contribution in [0.25, 0.3) is 16.6 Å². The van der Waals surface area contributed by atoms with Gasteiger partial charge in [0.1, 0.15) is 0 Å². The van der Waals surface area contributed by atoms with E-state index in [0.29, 0.717) is 17.3 Å². The van der Waals surface area contributed by atoms with Gasteiger partial charge in [0.05, 0.1) is 29.1 Å². The Kier molecular flexibility index (Phi) is 3.98. The second-order valence-electron chi connectivity index (χ2n) is 7.10. The molecule has 3 aromatic heterocycles. The number of carbonyl (C=O) groups is 1. The smallest absolute Gasteiger partial charge is 0.274 e. The van der Waals surface area contributed by atoms with Crippen molar-refractivity contribution < 1.29 is 9.21 Å². The first-order valence-corrected chi connectivity index (χ1v) is 9.59. The molecule has 28 heavy (non-hydrogen) atoms. The van der Waals surface area contributed by atoms with Crippen LogP contribution in [0.2, 0.25) is 5.02 Å². The van der Waals surface area contributed by atoms with Gasteiger partial charge in [-0.2, -0.15) is 5.10 Å². The molecule has 0 bridgehead atoms. The summed E-state index contributed by atoms with van der Waals surface area (Å²) in [6.45, 7) is 2.74. The molecule has 0 fully saturated rings. The molecule has 1 unspecified atom stereocenters. The number of benzene rings is 1. The van der Waals surface area contributed by atoms with Gasteiger partial charge in [0.15, 0.2) is 5.69 Å². The SMILES string of the molecule is CC1c2cc(-c3ccoc3)ccc2CCN1C(=O)c1cc2ccc(Cl)cn2n1. The van der Waals surface area contributed by atoms with Crippen LogP contribution < -0.4 is 0 Å². The van der Waals surface area contributed by atoms with Crippen molar-refractivity contribution in [3.8, 4) is 11.1 Å². The molecule has 6 heteroatoms. The summed E-state index contributed by atoms with van der Waals surface area (Å²) in [7, 11) is 0. The third kappa shape index (κ3) is 2.79. The summed E-state index contributed by atoms with van der Waals surface area (Å²) in [5.74, 6) is -0.0633. The number of pyridine rings is 1. The number of carbonyl (C=O) groups excluding carboxylic acids is 1. The first-order valence-electron chi connectivity index (χ1n) is 9.21. The number of amides is 1. The van der Waals surface area contributed by atoms with Gasteiger partial charge in [0.2, 0.25) is 0 Å². The molecule has 0 aliphatic carbocycles. The molecule has 4 heterocycles. The molecule has 5 rings (SSSR count). The van der Waals surface area contributed by atoms with Gasteiger partial charge in [-0.1, -0.05) is 23.7 Å². The van der Waals surface area contributed by atoms with Gasteiger partial charge in [-0.15, -0.1) is 0 Å². The Labute approximate surface area is 167 Å². The molecule has 1 aliphatic heterocycles. The molecule has 140 valence electrons. The van der Waals surface area contributed by atoms with Crippen molar-refractivity contribution in [1.82, 2.24) is 14.5 Å². The third-order valence-corrected chi connectivity index (χ3v) is 5.67. The molecule has 4 aromatic rings. The van der Waals surface area contributed by atoms with Crippen LogP contribution >= 0.6 is 11.6 Å². The van der Waals surface area contributed by atoms with Crippen molar-refractivity contribution in [2.45, 2.75) is 19.4 Å². The van der Waals surface area contributed by atoms with E-state index in [1.165, 1.54) is 11.1 Å². The number of nitrogens with zero attached hydrogens (tertiary/aromatic N) is 3. The molecule has 0 radical (unpaired) electrons. The van der Waals surface area contributed by atoms with Crippen molar-refractivity contribution in [2.75, 3.05) is 6.54 Å². The second-order valence-corrected chi connectivity index (χ2v) is 7.53. The molecular formula is C22H18ClN3O2. The van der Waals surface area contributed by atoms with Gasteiger partial charge in [-0.3, -0.25) is 4.79 Å². The highest BCUT2D eigenvalue weighted by Crippen LogP contribution is 2.34. The van der Waals surface area contributed by atoms with E-state index in [0.717, 1.165) is 23.1 Å². The Bertz CT molecular complexity index is 1180. The van der Waals surface area contributed by atoms with E-state index < -0.39 is 0 Å². The van der Waals surface area contributed by atoms with Crippen LogP contribution in [0.3, 0.4) is 0 Å². The van der Waals surface area contributed by atoms with Crippen LogP contribution in [0.1, 0.15) is 34.6 Å². The summed E-state index contributed by atoms with van der Waals surface area (Å²) in [6, 6.07) is 13.8. The van der Waals surface area contributed by atoms with E-state index in [-0.39, 0.29) is 11.9 Å². The second kappa shape index (κ2) is 6.53. The first-order chi connectivity index (χ1) is 13.6. The number of halogens is 1. The summed E-state index contributed by atoms with van der Waals surface area (Å²) < 4.78 is 6.86. The maximum Gasteiger partial charge on any atom is 0.274 e. The lowest BCUT2D eigenvalue weighted by Crippen LogP contribution is -2.39. The highest BCUT2D eigenvalue weighted by molar-refractivity contribution is 6.30. The molecule has 1 amide bonds. The van der Waals surface area contributed by atoms with E-state index in [9.17, 15) is 4.79 Å². The lowest BCUT2D eigenvalue weighted by atomic mass is 9.90. The molecular weight excluding hydrogens is 374 g/mol. The van der Waals surface area contributed by atoms with Crippen LogP contribution in [0.4, 0.5) is 0 Å². The predicted molar refractivity (Wildman–Crippen MR) is 108 cm³/mol. The highest BCUT2D eigenvalue weighted by Gasteiger charge is 2.30. The normalized spacial score (nSPS) is 16.4. The largest absolute Gasteiger partial charge is 0.472 e. The Morgan fingerprint density at radius 1 is 1.18 bits per heavy atom. The fraction of sp³-hybridized carbons (Fsp3) is 0.182. The number of rotatable bonds is 2. The molecule has 0 N–H and O–H groups in total. The van der Waals surface area contributed by atoms with E-state index >= 15 is 0 Å². The summed E-state index contributed by atoms with van der Waals surface area (Å²) in [5, 5.41) is 5.01. The Hall–Kier alpha value is -3.05. The Balaban J connectivity index is 1.48. The molecule has 5 nitrogen and oxygen atoms in total. The summed E-state index contributed by atoms with van der Waals surface area (Å²) in [4.78, 5) is 15.1. The quantitative estimate of drug-likeness (QED) is 0.482. The van der Waals surface area contributed by atoms with Gasteiger partial charge in [-0.25, -0.2) is 4.52 Å². The highest BCUT2D eigenvalue weighted by atomic mass is 35.5. The standard InChI is InChI=1S/C22H18ClN3O2/c1-14-20-10-16(17-7-9-28-13-17)3-2-15(20)6-8-25(14)22(27)21-11-19-5-4-18(23)12-26(19)24-21/h2-5,7,9-14H,6,8H2,1H3. The Morgan fingerprint density at radius 2 is 2.07 bits per heavy atom. The lowest BCUT2D eigenvalue weighted by Gasteiger charge is -2.35. The number of furan rings is 1. The minimum Gasteiger partial charge on any atom is -0.472 e. The zero-order valence-electron chi connectivity index (χ0n) is 15.3. The van der Waals surface area contributed by atoms with E-state index in [1.807, 2.05) is 23.1 Å². The number of hydrogen-bond donors (Lipinski definition) is 0. The molecule has 1 aliphatic rings. The monoisotopic (exact) mass is 391 g/mol. The lowest BCUT2D eigenvalue weighted by molar-refractivity contribution is 0.0671. The van der Waals surface area contributed by atoms with Crippen LogP contribution in [0, 0.1) is 0 Å². The van der Waals surface area contributed by atoms with Crippen molar-refractivity contribution in [1.29, 1.82) is 0 Å². The zero-order valence-corrected chi connectivity index (χ0v) is 16.1. The number of hydrogen-bond acceptors (Lipinski definition) is 3. The van der Waals surface area contributed by atoms with E-state index in [4.69, 9.17) is 16.0 Å². The van der Waals surface area contributed by atoms with Gasteiger partial charge < -0.3 is 9.32 Å². The van der Waals surface area contributed by atoms with Crippen molar-refractivity contribution in [2.24, 2.45) is 0 Å². The van der Waals surface area contributed by atoms with Gasteiger partial charge >= 0.3 is 0 Å². The Morgan fingerprint density at radius 3 is 2.89 bits per heavy atom. The molecule has 0 saturated heterocycles. The average molecular weight is 392 g/mol. The van der Waals surface area contributed by atoms with Gasteiger partial charge in [0.25, 0.3) is 5.91 Å². The number of fused-ring (bicyclic) bond motifs is 2. The van der Waals surface area contributed by atoms with Crippen LogP contribution in [0.5, 0.6) is 0 Å². The van der Waals surface area contributed by atoms with Crippen LogP contribution in [0.15, 0.2) is 65.6 Å². The van der Waals surface area contributed by atoms with Crippen LogP contribution in [-0.2, 0) is 6.42 Å². The average Bonchev–Trinajstić information content (AvgIpc) is 3.37. The maximum atomic E-state index is 13.2. The van der Waals surface area contributed by atoms with Gasteiger partial charge in [0, 0.05) is 18.3 Å². The molecule has 0 saturated carbocycles. The summed E-state index contributed by atoms with van der Waals surface area (Å²) in [6.07, 6.45) is 5.94. The van der Waals surface area contributed by atoms with E-state index in [2.05, 4.69) is 30.2 Å². The zero-order chi connectivity index (χ0) is 19.3. The fourth-order valence-electron chi connectivity index (χ4n) is 3.91. The molecule has 1 atom stereocenters. The summed E-state index contributed by atoms with van der Waals surface area (Å²) >= 11 is 6.03. The third-order valence-electron chi connectivity index (χ3n) is 5.44. The van der Waals surface area contributed by atoms with Crippen molar-refractivity contribution in [3.63, 3.8) is 0 Å². The van der Waals surface area contributed by atoms with Crippen molar-refractivity contribution >= 4 is 23.0 Å².